The number of pyridine rings is 1. The van der Waals surface area contributed by atoms with Gasteiger partial charge in [0.15, 0.2) is 0 Å². The summed E-state index contributed by atoms with van der Waals surface area (Å²) in [5, 5.41) is 5.88. The van der Waals surface area contributed by atoms with E-state index in [4.69, 9.17) is 4.74 Å². The molecule has 0 fully saturated rings. The lowest BCUT2D eigenvalue weighted by Crippen LogP contribution is -2.12. The molecule has 1 amide bonds. The number of benzene rings is 2. The number of nitrogens with one attached hydrogen (secondary N) is 2. The third-order valence-corrected chi connectivity index (χ3v) is 3.62. The number of anilines is 3. The molecule has 3 aromatic rings. The fourth-order valence-corrected chi connectivity index (χ4v) is 2.41. The lowest BCUT2D eigenvalue weighted by molar-refractivity contribution is 0.102. The Bertz CT molecular complexity index is 909. The zero-order valence-corrected chi connectivity index (χ0v) is 15.1. The zero-order chi connectivity index (χ0) is 19.2. The van der Waals surface area contributed by atoms with E-state index >= 15 is 0 Å². The van der Waals surface area contributed by atoms with E-state index < -0.39 is 0 Å². The Labute approximate surface area is 157 Å². The maximum Gasteiger partial charge on any atom is 0.255 e. The summed E-state index contributed by atoms with van der Waals surface area (Å²) in [7, 11) is 0. The van der Waals surface area contributed by atoms with Gasteiger partial charge in [0.2, 0.25) is 0 Å². The quantitative estimate of drug-likeness (QED) is 0.645. The highest BCUT2D eigenvalue weighted by Crippen LogP contribution is 2.19. The van der Waals surface area contributed by atoms with E-state index in [1.54, 1.807) is 42.6 Å². The number of carbonyl (C=O) groups is 1. The van der Waals surface area contributed by atoms with Crippen molar-refractivity contribution in [2.75, 3.05) is 10.6 Å². The lowest BCUT2D eigenvalue weighted by Gasteiger charge is -2.11. The topological polar surface area (TPSA) is 63.2 Å². The van der Waals surface area contributed by atoms with E-state index in [-0.39, 0.29) is 17.8 Å². The Morgan fingerprint density at radius 2 is 1.67 bits per heavy atom. The smallest absolute Gasteiger partial charge is 0.255 e. The molecular formula is C21H20FN3O2. The summed E-state index contributed by atoms with van der Waals surface area (Å²) in [6.07, 6.45) is 1.63. The molecule has 0 saturated heterocycles. The second-order valence-electron chi connectivity index (χ2n) is 6.21. The van der Waals surface area contributed by atoms with Gasteiger partial charge in [-0.2, -0.15) is 0 Å². The number of ether oxygens (including phenoxy) is 1. The minimum atomic E-state index is -0.313. The molecule has 3 rings (SSSR count). The third-order valence-electron chi connectivity index (χ3n) is 3.62. The van der Waals surface area contributed by atoms with Crippen LogP contribution in [0.4, 0.5) is 21.6 Å². The van der Waals surface area contributed by atoms with E-state index in [0.717, 1.165) is 5.75 Å². The number of rotatable bonds is 6. The fraction of sp³-hybridized carbons (Fsp3) is 0.143. The molecule has 1 heterocycles. The largest absolute Gasteiger partial charge is 0.491 e. The highest BCUT2D eigenvalue weighted by atomic mass is 19.1. The van der Waals surface area contributed by atoms with Crippen LogP contribution in [0.1, 0.15) is 24.2 Å². The standard InChI is InChI=1S/C21H20FN3O2/c1-14(2)27-19-9-7-18(8-10-19)25-21(26)15-11-12-23-20(13-15)24-17-5-3-16(22)4-6-17/h3-14H,1-2H3,(H,23,24)(H,25,26). The number of hydrogen-bond donors (Lipinski definition) is 2. The van der Waals surface area contributed by atoms with E-state index in [0.29, 0.717) is 22.8 Å². The average molecular weight is 365 g/mol. The SMILES string of the molecule is CC(C)Oc1ccc(NC(=O)c2ccnc(Nc3ccc(F)cc3)c2)cc1. The lowest BCUT2D eigenvalue weighted by atomic mass is 10.2. The summed E-state index contributed by atoms with van der Waals surface area (Å²) >= 11 is 0. The van der Waals surface area contributed by atoms with Crippen molar-refractivity contribution in [3.63, 3.8) is 0 Å². The molecule has 6 heteroatoms. The number of carbonyl (C=O) groups excluding carboxylic acids is 1. The summed E-state index contributed by atoms with van der Waals surface area (Å²) in [6, 6.07) is 16.4. The maximum atomic E-state index is 13.0. The molecule has 0 aliphatic heterocycles. The van der Waals surface area contributed by atoms with Crippen molar-refractivity contribution in [1.82, 2.24) is 4.98 Å². The highest BCUT2D eigenvalue weighted by molar-refractivity contribution is 6.04. The monoisotopic (exact) mass is 365 g/mol. The predicted octanol–water partition coefficient (Wildman–Crippen LogP) is 5.00. The van der Waals surface area contributed by atoms with Crippen molar-refractivity contribution >= 4 is 23.1 Å². The minimum absolute atomic E-state index is 0.0919. The normalized spacial score (nSPS) is 10.5. The molecule has 0 aliphatic carbocycles. The molecule has 0 atom stereocenters. The molecule has 27 heavy (non-hydrogen) atoms. The molecule has 138 valence electrons. The minimum Gasteiger partial charge on any atom is -0.491 e. The van der Waals surface area contributed by atoms with Gasteiger partial charge in [-0.1, -0.05) is 0 Å². The van der Waals surface area contributed by atoms with Crippen LogP contribution in [0.3, 0.4) is 0 Å². The Morgan fingerprint density at radius 3 is 2.33 bits per heavy atom. The molecule has 0 saturated carbocycles. The number of aromatic nitrogens is 1. The third kappa shape index (κ3) is 5.28. The van der Waals surface area contributed by atoms with Crippen molar-refractivity contribution in [2.45, 2.75) is 20.0 Å². The second-order valence-corrected chi connectivity index (χ2v) is 6.21. The van der Waals surface area contributed by atoms with Crippen molar-refractivity contribution < 1.29 is 13.9 Å². The van der Waals surface area contributed by atoms with Crippen molar-refractivity contribution in [3.05, 3.63) is 78.2 Å². The Kier molecular flexibility index (Phi) is 5.66. The van der Waals surface area contributed by atoms with E-state index in [2.05, 4.69) is 15.6 Å². The van der Waals surface area contributed by atoms with Crippen LogP contribution in [0.5, 0.6) is 5.75 Å². The molecule has 1 aromatic heterocycles. The molecule has 0 radical (unpaired) electrons. The average Bonchev–Trinajstić information content (AvgIpc) is 2.65. The van der Waals surface area contributed by atoms with Crippen LogP contribution >= 0.6 is 0 Å². The molecule has 5 nitrogen and oxygen atoms in total. The van der Waals surface area contributed by atoms with Gasteiger partial charge < -0.3 is 15.4 Å². The van der Waals surface area contributed by atoms with Crippen molar-refractivity contribution in [3.8, 4) is 5.75 Å². The van der Waals surface area contributed by atoms with Gasteiger partial charge in [-0.25, -0.2) is 9.37 Å². The molecule has 0 unspecified atom stereocenters. The zero-order valence-electron chi connectivity index (χ0n) is 15.1. The van der Waals surface area contributed by atoms with Crippen LogP contribution in [0.15, 0.2) is 66.9 Å². The molecule has 2 aromatic carbocycles. The van der Waals surface area contributed by atoms with Gasteiger partial charge in [-0.15, -0.1) is 0 Å². The fourth-order valence-electron chi connectivity index (χ4n) is 2.41. The summed E-state index contributed by atoms with van der Waals surface area (Å²) in [5.41, 5.74) is 1.81. The van der Waals surface area contributed by atoms with Crippen LogP contribution in [-0.4, -0.2) is 17.0 Å². The van der Waals surface area contributed by atoms with Gasteiger partial charge >= 0.3 is 0 Å². The van der Waals surface area contributed by atoms with Crippen molar-refractivity contribution in [2.24, 2.45) is 0 Å². The number of amides is 1. The first-order chi connectivity index (χ1) is 13.0. The van der Waals surface area contributed by atoms with Gasteiger partial charge in [-0.05, 0) is 74.5 Å². The summed E-state index contributed by atoms with van der Waals surface area (Å²) in [6.45, 7) is 3.91. The Hall–Kier alpha value is -3.41. The van der Waals surface area contributed by atoms with Crippen LogP contribution < -0.4 is 15.4 Å². The van der Waals surface area contributed by atoms with E-state index in [9.17, 15) is 9.18 Å². The predicted molar refractivity (Wildman–Crippen MR) is 104 cm³/mol. The van der Waals surface area contributed by atoms with Gasteiger partial charge in [0, 0.05) is 23.1 Å². The van der Waals surface area contributed by atoms with Crippen LogP contribution in [0.25, 0.3) is 0 Å². The van der Waals surface area contributed by atoms with E-state index in [1.807, 2.05) is 26.0 Å². The maximum absolute atomic E-state index is 13.0. The van der Waals surface area contributed by atoms with Crippen LogP contribution in [0.2, 0.25) is 0 Å². The summed E-state index contributed by atoms with van der Waals surface area (Å²) in [5.74, 6) is 0.677. The van der Waals surface area contributed by atoms with Gasteiger partial charge in [0.05, 0.1) is 6.10 Å². The van der Waals surface area contributed by atoms with Crippen LogP contribution in [0, 0.1) is 5.82 Å². The molecule has 0 spiro atoms. The molecule has 0 aliphatic rings. The number of nitrogens with zero attached hydrogens (tertiary/aromatic N) is 1. The number of hydrogen-bond acceptors (Lipinski definition) is 4. The Balaban J connectivity index is 1.67. The number of halogens is 1. The summed E-state index contributed by atoms with van der Waals surface area (Å²) in [4.78, 5) is 16.7. The van der Waals surface area contributed by atoms with E-state index in [1.165, 1.54) is 12.1 Å². The Morgan fingerprint density at radius 1 is 1.00 bits per heavy atom. The van der Waals surface area contributed by atoms with Gasteiger partial charge in [0.1, 0.15) is 17.4 Å². The van der Waals surface area contributed by atoms with Crippen molar-refractivity contribution in [1.29, 1.82) is 0 Å². The van der Waals surface area contributed by atoms with Crippen LogP contribution in [-0.2, 0) is 0 Å². The first-order valence-corrected chi connectivity index (χ1v) is 8.56. The first kappa shape index (κ1) is 18.4. The summed E-state index contributed by atoms with van der Waals surface area (Å²) < 4.78 is 18.6. The van der Waals surface area contributed by atoms with Gasteiger partial charge in [-0.3, -0.25) is 4.79 Å². The first-order valence-electron chi connectivity index (χ1n) is 8.56. The molecule has 2 N–H and O–H groups in total. The molecular weight excluding hydrogens is 345 g/mol. The molecule has 0 bridgehead atoms. The second kappa shape index (κ2) is 8.31. The highest BCUT2D eigenvalue weighted by Gasteiger charge is 2.08. The van der Waals surface area contributed by atoms with Gasteiger partial charge in [0.25, 0.3) is 5.91 Å².